The van der Waals surface area contributed by atoms with Crippen molar-refractivity contribution in [2.24, 2.45) is 0 Å². The van der Waals surface area contributed by atoms with E-state index in [1.807, 2.05) is 31.4 Å². The molecule has 2 unspecified atom stereocenters. The third-order valence-electron chi connectivity index (χ3n) is 4.63. The van der Waals surface area contributed by atoms with Crippen LogP contribution in [-0.4, -0.2) is 41.8 Å². The van der Waals surface area contributed by atoms with E-state index in [1.165, 1.54) is 0 Å². The van der Waals surface area contributed by atoms with Crippen molar-refractivity contribution >= 4 is 23.0 Å². The van der Waals surface area contributed by atoms with Gasteiger partial charge in [-0.1, -0.05) is 6.92 Å². The zero-order valence-electron chi connectivity index (χ0n) is 15.5. The van der Waals surface area contributed by atoms with Gasteiger partial charge < -0.3 is 23.8 Å². The van der Waals surface area contributed by atoms with Crippen LogP contribution in [0.2, 0.25) is 0 Å². The second-order valence-electron chi connectivity index (χ2n) is 6.85. The minimum atomic E-state index is -0.828. The quantitative estimate of drug-likeness (QED) is 0.766. The van der Waals surface area contributed by atoms with Crippen molar-refractivity contribution < 1.29 is 23.5 Å². The molecule has 0 spiro atoms. The Bertz CT molecular complexity index is 770. The van der Waals surface area contributed by atoms with Gasteiger partial charge in [0.05, 0.1) is 17.9 Å². The number of aromatic nitrogens is 1. The number of nitrogens with one attached hydrogen (secondary N) is 1. The van der Waals surface area contributed by atoms with E-state index >= 15 is 0 Å². The van der Waals surface area contributed by atoms with Gasteiger partial charge in [0.15, 0.2) is 11.7 Å². The van der Waals surface area contributed by atoms with Gasteiger partial charge in [0.25, 0.3) is 5.91 Å². The van der Waals surface area contributed by atoms with E-state index in [-0.39, 0.29) is 18.1 Å². The second-order valence-corrected chi connectivity index (χ2v) is 6.85. The predicted molar refractivity (Wildman–Crippen MR) is 96.1 cm³/mol. The Morgan fingerprint density at radius 2 is 2.23 bits per heavy atom. The molecule has 1 saturated heterocycles. The van der Waals surface area contributed by atoms with Crippen LogP contribution in [-0.2, 0) is 14.3 Å². The maximum atomic E-state index is 12.7. The molecule has 2 aromatic rings. The number of ether oxygens (including phenoxy) is 2. The van der Waals surface area contributed by atoms with Gasteiger partial charge in [-0.05, 0) is 33.1 Å². The van der Waals surface area contributed by atoms with E-state index in [2.05, 4.69) is 5.32 Å². The van der Waals surface area contributed by atoms with Crippen LogP contribution in [0.1, 0.15) is 56.6 Å². The second kappa shape index (κ2) is 7.95. The van der Waals surface area contributed by atoms with Crippen LogP contribution in [0.15, 0.2) is 22.8 Å². The summed E-state index contributed by atoms with van der Waals surface area (Å²) in [7, 11) is 0. The average molecular weight is 362 g/mol. The smallest absolute Gasteiger partial charge is 0.355 e. The highest BCUT2D eigenvalue weighted by atomic mass is 16.5. The minimum Gasteiger partial charge on any atom is -0.463 e. The van der Waals surface area contributed by atoms with Gasteiger partial charge in [0.1, 0.15) is 5.69 Å². The molecule has 0 saturated carbocycles. The number of hydrogen-bond donors (Lipinski definition) is 1. The summed E-state index contributed by atoms with van der Waals surface area (Å²) in [6.07, 6.45) is 3.17. The fourth-order valence-corrected chi connectivity index (χ4v) is 3.30. The van der Waals surface area contributed by atoms with E-state index in [4.69, 9.17) is 13.9 Å². The van der Waals surface area contributed by atoms with E-state index in [9.17, 15) is 9.59 Å². The van der Waals surface area contributed by atoms with Crippen molar-refractivity contribution in [3.05, 3.63) is 24.1 Å². The lowest BCUT2D eigenvalue weighted by atomic mass is 10.2. The maximum absolute atomic E-state index is 12.7. The van der Waals surface area contributed by atoms with Crippen molar-refractivity contribution in [2.75, 3.05) is 13.2 Å². The first-order valence-electron chi connectivity index (χ1n) is 9.20. The van der Waals surface area contributed by atoms with Crippen LogP contribution in [0.5, 0.6) is 0 Å². The predicted octanol–water partition coefficient (Wildman–Crippen LogP) is 3.05. The molecule has 26 heavy (non-hydrogen) atoms. The van der Waals surface area contributed by atoms with E-state index in [1.54, 1.807) is 12.3 Å². The SMILES string of the molecule is CCC(OC(=O)c1cc2occc2n1C(C)C)C(=O)NCC1CCCO1. The van der Waals surface area contributed by atoms with Crippen LogP contribution >= 0.6 is 0 Å². The molecule has 7 heteroatoms. The Morgan fingerprint density at radius 3 is 2.88 bits per heavy atom. The van der Waals surface area contributed by atoms with Gasteiger partial charge >= 0.3 is 5.97 Å². The molecule has 1 fully saturated rings. The number of hydrogen-bond acceptors (Lipinski definition) is 5. The Kier molecular flexibility index (Phi) is 5.66. The Morgan fingerprint density at radius 1 is 1.42 bits per heavy atom. The number of carbonyl (C=O) groups is 2. The van der Waals surface area contributed by atoms with Gasteiger partial charge in [-0.2, -0.15) is 0 Å². The van der Waals surface area contributed by atoms with Crippen LogP contribution < -0.4 is 5.32 Å². The van der Waals surface area contributed by atoms with Crippen molar-refractivity contribution in [3.8, 4) is 0 Å². The Labute approximate surface area is 152 Å². The van der Waals surface area contributed by atoms with Crippen LogP contribution in [0.3, 0.4) is 0 Å². The maximum Gasteiger partial charge on any atom is 0.355 e. The van der Waals surface area contributed by atoms with E-state index < -0.39 is 12.1 Å². The molecule has 1 aliphatic rings. The Balaban J connectivity index is 1.68. The number of amides is 1. The summed E-state index contributed by atoms with van der Waals surface area (Å²) in [5.74, 6) is -0.813. The molecule has 0 aromatic carbocycles. The van der Waals surface area contributed by atoms with Crippen molar-refractivity contribution in [3.63, 3.8) is 0 Å². The molecule has 1 amide bonds. The number of furan rings is 1. The van der Waals surface area contributed by atoms with Gasteiger partial charge in [-0.15, -0.1) is 0 Å². The van der Waals surface area contributed by atoms with Gasteiger partial charge in [0.2, 0.25) is 0 Å². The van der Waals surface area contributed by atoms with Crippen molar-refractivity contribution in [1.82, 2.24) is 9.88 Å². The number of rotatable bonds is 7. The fourth-order valence-electron chi connectivity index (χ4n) is 3.30. The molecule has 3 rings (SSSR count). The molecular weight excluding hydrogens is 336 g/mol. The first-order valence-corrected chi connectivity index (χ1v) is 9.20. The lowest BCUT2D eigenvalue weighted by molar-refractivity contribution is -0.130. The first-order chi connectivity index (χ1) is 12.5. The van der Waals surface area contributed by atoms with E-state index in [0.29, 0.717) is 24.2 Å². The molecule has 1 N–H and O–H groups in total. The minimum absolute atomic E-state index is 0.0530. The Hall–Kier alpha value is -2.28. The zero-order chi connectivity index (χ0) is 18.7. The van der Waals surface area contributed by atoms with Crippen molar-refractivity contribution in [2.45, 2.75) is 58.3 Å². The standard InChI is InChI=1S/C19H26N2O5/c1-4-16(18(22)20-11-13-6-5-8-24-13)26-19(23)15-10-17-14(7-9-25-17)21(15)12(2)3/h7,9-10,12-13,16H,4-6,8,11H2,1-3H3,(H,20,22). The number of esters is 1. The number of fused-ring (bicyclic) bond motifs is 1. The van der Waals surface area contributed by atoms with Gasteiger partial charge in [0, 0.05) is 31.3 Å². The third kappa shape index (κ3) is 3.77. The zero-order valence-corrected chi connectivity index (χ0v) is 15.5. The van der Waals surface area contributed by atoms with Crippen molar-refractivity contribution in [1.29, 1.82) is 0 Å². The molecule has 0 aliphatic carbocycles. The number of nitrogens with zero attached hydrogens (tertiary/aromatic N) is 1. The monoisotopic (exact) mass is 362 g/mol. The highest BCUT2D eigenvalue weighted by Gasteiger charge is 2.27. The molecule has 3 heterocycles. The lowest BCUT2D eigenvalue weighted by Crippen LogP contribution is -2.41. The molecule has 0 radical (unpaired) electrons. The topological polar surface area (TPSA) is 82.7 Å². The summed E-state index contributed by atoms with van der Waals surface area (Å²) in [6.45, 7) is 6.96. The van der Waals surface area contributed by atoms with Gasteiger partial charge in [-0.25, -0.2) is 4.79 Å². The van der Waals surface area contributed by atoms with Crippen LogP contribution in [0.4, 0.5) is 0 Å². The third-order valence-corrected chi connectivity index (χ3v) is 4.63. The summed E-state index contributed by atoms with van der Waals surface area (Å²) < 4.78 is 18.2. The number of carbonyl (C=O) groups excluding carboxylic acids is 2. The molecule has 0 bridgehead atoms. The first kappa shape index (κ1) is 18.5. The summed E-state index contributed by atoms with van der Waals surface area (Å²) >= 11 is 0. The summed E-state index contributed by atoms with van der Waals surface area (Å²) in [4.78, 5) is 25.1. The lowest BCUT2D eigenvalue weighted by Gasteiger charge is -2.19. The average Bonchev–Trinajstić information content (AvgIpc) is 3.32. The highest BCUT2D eigenvalue weighted by Crippen LogP contribution is 2.26. The fraction of sp³-hybridized carbons (Fsp3) is 0.579. The summed E-state index contributed by atoms with van der Waals surface area (Å²) in [5, 5.41) is 2.82. The molecule has 2 atom stereocenters. The summed E-state index contributed by atoms with van der Waals surface area (Å²) in [5.41, 5.74) is 1.85. The molecular formula is C19H26N2O5. The molecule has 142 valence electrons. The van der Waals surface area contributed by atoms with Gasteiger partial charge in [-0.3, -0.25) is 4.79 Å². The molecule has 7 nitrogen and oxygen atoms in total. The summed E-state index contributed by atoms with van der Waals surface area (Å²) in [6, 6.07) is 3.54. The van der Waals surface area contributed by atoms with E-state index in [0.717, 1.165) is 25.0 Å². The van der Waals surface area contributed by atoms with Crippen LogP contribution in [0.25, 0.3) is 11.1 Å². The normalized spacial score (nSPS) is 18.4. The highest BCUT2D eigenvalue weighted by molar-refractivity contribution is 5.95. The largest absolute Gasteiger partial charge is 0.463 e. The molecule has 1 aliphatic heterocycles. The van der Waals surface area contributed by atoms with Crippen LogP contribution in [0, 0.1) is 0 Å². The molecule has 2 aromatic heterocycles.